The number of aryl methyl sites for hydroxylation is 1. The molecule has 1 heterocycles. The van der Waals surface area contributed by atoms with Gasteiger partial charge in [-0.25, -0.2) is 4.68 Å². The molecule has 162 valence electrons. The molecule has 0 amide bonds. The van der Waals surface area contributed by atoms with Crippen LogP contribution in [0.4, 0.5) is 23.1 Å². The number of benzene rings is 2. The normalized spacial score (nSPS) is 10.2. The minimum Gasteiger partial charge on any atom is -0.495 e. The molecule has 0 aliphatic rings. The summed E-state index contributed by atoms with van der Waals surface area (Å²) in [6.07, 6.45) is 3.02. The number of allylic oxidation sites excluding steroid dienone is 1. The van der Waals surface area contributed by atoms with Crippen LogP contribution in [0.3, 0.4) is 0 Å². The number of hydrogen-bond donors (Lipinski definition) is 2. The van der Waals surface area contributed by atoms with Gasteiger partial charge in [0, 0.05) is 11.8 Å². The number of aromatic nitrogens is 3. The van der Waals surface area contributed by atoms with Crippen molar-refractivity contribution in [3.05, 3.63) is 69.5 Å². The van der Waals surface area contributed by atoms with Crippen LogP contribution in [0, 0.1) is 40.9 Å². The molecule has 2 aromatic carbocycles. The molecule has 0 radical (unpaired) electrons. The molecule has 10 nitrogen and oxygen atoms in total. The van der Waals surface area contributed by atoms with Crippen molar-refractivity contribution in [3.8, 4) is 24.0 Å². The average Bonchev–Trinajstić information content (AvgIpc) is 2.82. The van der Waals surface area contributed by atoms with E-state index in [-0.39, 0.29) is 18.3 Å². The monoisotopic (exact) mass is 438 g/mol. The molecular formula is C23H18N8O2. The van der Waals surface area contributed by atoms with E-state index in [1.54, 1.807) is 36.4 Å². The van der Waals surface area contributed by atoms with Gasteiger partial charge in [0.25, 0.3) is 0 Å². The van der Waals surface area contributed by atoms with Gasteiger partial charge in [0.15, 0.2) is 0 Å². The van der Waals surface area contributed by atoms with Gasteiger partial charge in [0.1, 0.15) is 12.3 Å². The number of rotatable bonds is 7. The second-order valence-corrected chi connectivity index (χ2v) is 6.72. The fourth-order valence-corrected chi connectivity index (χ4v) is 2.98. The van der Waals surface area contributed by atoms with E-state index in [0.717, 1.165) is 15.8 Å². The van der Waals surface area contributed by atoms with Crippen molar-refractivity contribution in [2.45, 2.75) is 13.5 Å². The Morgan fingerprint density at radius 3 is 2.55 bits per heavy atom. The molecule has 0 spiro atoms. The third-order valence-corrected chi connectivity index (χ3v) is 4.50. The summed E-state index contributed by atoms with van der Waals surface area (Å²) >= 11 is 0. The first-order chi connectivity index (χ1) is 16.0. The Balaban J connectivity index is 2.02. The summed E-state index contributed by atoms with van der Waals surface area (Å²) in [5, 5.41) is 36.9. The standard InChI is InChI=1S/C23H18N8O2/c1-15-12-17(4-3-9-24)13-19(33-2)20(15)28-23-29-21(22(32)31(30-23)11-10-25)27-18-7-5-16(14-26)6-8-18/h3-8,12-13H,11H2,1-2H3,(H2,27,28,29,30)/b4-3+. The summed E-state index contributed by atoms with van der Waals surface area (Å²) in [5.74, 6) is 0.510. The molecule has 0 atom stereocenters. The van der Waals surface area contributed by atoms with Gasteiger partial charge < -0.3 is 15.4 Å². The Hall–Kier alpha value is -5.14. The Morgan fingerprint density at radius 2 is 1.91 bits per heavy atom. The van der Waals surface area contributed by atoms with E-state index >= 15 is 0 Å². The molecule has 10 heteroatoms. The Kier molecular flexibility index (Phi) is 7.00. The van der Waals surface area contributed by atoms with E-state index in [1.165, 1.54) is 13.2 Å². The topological polar surface area (TPSA) is 152 Å². The van der Waals surface area contributed by atoms with Gasteiger partial charge in [-0.3, -0.25) is 4.79 Å². The highest BCUT2D eigenvalue weighted by atomic mass is 16.5. The van der Waals surface area contributed by atoms with Gasteiger partial charge in [-0.15, -0.1) is 5.10 Å². The Labute approximate surface area is 189 Å². The van der Waals surface area contributed by atoms with Crippen molar-refractivity contribution in [1.29, 1.82) is 15.8 Å². The van der Waals surface area contributed by atoms with Crippen molar-refractivity contribution in [3.63, 3.8) is 0 Å². The lowest BCUT2D eigenvalue weighted by Crippen LogP contribution is -2.27. The minimum atomic E-state index is -0.577. The number of hydrogen-bond acceptors (Lipinski definition) is 9. The zero-order valence-corrected chi connectivity index (χ0v) is 17.8. The largest absolute Gasteiger partial charge is 0.495 e. The molecule has 3 rings (SSSR count). The highest BCUT2D eigenvalue weighted by molar-refractivity contribution is 5.71. The van der Waals surface area contributed by atoms with Crippen LogP contribution in [0.15, 0.2) is 47.3 Å². The number of ether oxygens (including phenoxy) is 1. The molecule has 3 aromatic rings. The van der Waals surface area contributed by atoms with Crippen LogP contribution in [0.25, 0.3) is 6.08 Å². The first-order valence-corrected chi connectivity index (χ1v) is 9.64. The zero-order valence-electron chi connectivity index (χ0n) is 17.8. The van der Waals surface area contributed by atoms with Crippen molar-refractivity contribution in [2.24, 2.45) is 0 Å². The maximum atomic E-state index is 12.7. The Bertz CT molecular complexity index is 1390. The van der Waals surface area contributed by atoms with Gasteiger partial charge in [0.05, 0.1) is 36.6 Å². The molecule has 0 aliphatic heterocycles. The van der Waals surface area contributed by atoms with E-state index in [0.29, 0.717) is 22.7 Å². The molecular weight excluding hydrogens is 420 g/mol. The number of anilines is 4. The lowest BCUT2D eigenvalue weighted by atomic mass is 10.1. The summed E-state index contributed by atoms with van der Waals surface area (Å²) in [5.41, 5.74) is 2.57. The fraction of sp³-hybridized carbons (Fsp3) is 0.130. The third-order valence-electron chi connectivity index (χ3n) is 4.50. The molecule has 0 aliphatic carbocycles. The zero-order chi connectivity index (χ0) is 23.8. The molecule has 0 bridgehead atoms. The van der Waals surface area contributed by atoms with Crippen molar-refractivity contribution >= 4 is 29.2 Å². The average molecular weight is 438 g/mol. The first-order valence-electron chi connectivity index (χ1n) is 9.64. The highest BCUT2D eigenvalue weighted by Gasteiger charge is 2.15. The summed E-state index contributed by atoms with van der Waals surface area (Å²) in [7, 11) is 1.51. The first kappa shape index (κ1) is 22.5. The molecule has 0 saturated carbocycles. The van der Waals surface area contributed by atoms with Gasteiger partial charge in [-0.2, -0.15) is 20.8 Å². The lowest BCUT2D eigenvalue weighted by Gasteiger charge is -2.15. The van der Waals surface area contributed by atoms with Crippen LogP contribution in [0.1, 0.15) is 16.7 Å². The molecule has 1 aromatic heterocycles. The number of nitriles is 3. The highest BCUT2D eigenvalue weighted by Crippen LogP contribution is 2.32. The van der Waals surface area contributed by atoms with Crippen LogP contribution < -0.4 is 20.9 Å². The van der Waals surface area contributed by atoms with Gasteiger partial charge in [-0.1, -0.05) is 0 Å². The second kappa shape index (κ2) is 10.3. The van der Waals surface area contributed by atoms with E-state index in [1.807, 2.05) is 31.2 Å². The van der Waals surface area contributed by atoms with E-state index < -0.39 is 5.56 Å². The molecule has 2 N–H and O–H groups in total. The molecule has 33 heavy (non-hydrogen) atoms. The van der Waals surface area contributed by atoms with Gasteiger partial charge >= 0.3 is 5.56 Å². The maximum absolute atomic E-state index is 12.7. The summed E-state index contributed by atoms with van der Waals surface area (Å²) in [4.78, 5) is 17.0. The number of nitrogens with one attached hydrogen (secondary N) is 2. The number of nitrogens with zero attached hydrogens (tertiary/aromatic N) is 6. The van der Waals surface area contributed by atoms with Gasteiger partial charge in [-0.05, 0) is 60.5 Å². The summed E-state index contributed by atoms with van der Waals surface area (Å²) in [6, 6.07) is 16.0. The number of methoxy groups -OCH3 is 1. The third kappa shape index (κ3) is 5.32. The molecule has 0 unspecified atom stereocenters. The van der Waals surface area contributed by atoms with Crippen molar-refractivity contribution < 1.29 is 4.74 Å². The fourth-order valence-electron chi connectivity index (χ4n) is 2.98. The van der Waals surface area contributed by atoms with Crippen LogP contribution >= 0.6 is 0 Å². The van der Waals surface area contributed by atoms with Crippen LogP contribution in [-0.4, -0.2) is 21.9 Å². The van der Waals surface area contributed by atoms with E-state index in [2.05, 4.69) is 20.7 Å². The minimum absolute atomic E-state index is 0.0438. The lowest BCUT2D eigenvalue weighted by molar-refractivity contribution is 0.416. The van der Waals surface area contributed by atoms with E-state index in [4.69, 9.17) is 20.5 Å². The van der Waals surface area contributed by atoms with Crippen LogP contribution in [0.2, 0.25) is 0 Å². The predicted octanol–water partition coefficient (Wildman–Crippen LogP) is 3.37. The Morgan fingerprint density at radius 1 is 1.15 bits per heavy atom. The SMILES string of the molecule is COc1cc(/C=C/C#N)cc(C)c1Nc1nc(Nc2ccc(C#N)cc2)c(=O)n(CC#N)n1. The smallest absolute Gasteiger partial charge is 0.310 e. The van der Waals surface area contributed by atoms with Gasteiger partial charge in [0.2, 0.25) is 11.8 Å². The van der Waals surface area contributed by atoms with Crippen LogP contribution in [0.5, 0.6) is 5.75 Å². The summed E-state index contributed by atoms with van der Waals surface area (Å²) in [6.45, 7) is 1.57. The molecule has 0 fully saturated rings. The molecule has 0 saturated heterocycles. The van der Waals surface area contributed by atoms with Crippen LogP contribution in [-0.2, 0) is 6.54 Å². The second-order valence-electron chi connectivity index (χ2n) is 6.72. The van der Waals surface area contributed by atoms with Crippen molar-refractivity contribution in [1.82, 2.24) is 14.8 Å². The summed E-state index contributed by atoms with van der Waals surface area (Å²) < 4.78 is 6.46. The maximum Gasteiger partial charge on any atom is 0.310 e. The quantitative estimate of drug-likeness (QED) is 0.529. The van der Waals surface area contributed by atoms with Crippen molar-refractivity contribution in [2.75, 3.05) is 17.7 Å². The van der Waals surface area contributed by atoms with E-state index in [9.17, 15) is 4.79 Å². The predicted molar refractivity (Wildman–Crippen MR) is 122 cm³/mol.